The molecule has 0 unspecified atom stereocenters. The van der Waals surface area contributed by atoms with E-state index >= 15 is 0 Å². The van der Waals surface area contributed by atoms with Gasteiger partial charge in [-0.3, -0.25) is 20.2 Å². The minimum absolute atomic E-state index is 0.143. The highest BCUT2D eigenvalue weighted by Gasteiger charge is 2.31. The molecule has 0 bridgehead atoms. The van der Waals surface area contributed by atoms with Crippen LogP contribution in [0.1, 0.15) is 0 Å². The zero-order chi connectivity index (χ0) is 15.4. The quantitative estimate of drug-likeness (QED) is 0.510. The number of nitro benzene ring substituents is 2. The van der Waals surface area contributed by atoms with Gasteiger partial charge in [0.05, 0.1) is 15.5 Å². The summed E-state index contributed by atoms with van der Waals surface area (Å²) in [6.45, 7) is 0. The fraction of sp³-hybridized carbons (Fsp3) is 0. The van der Waals surface area contributed by atoms with Gasteiger partial charge in [0, 0.05) is 6.07 Å². The lowest BCUT2D eigenvalue weighted by atomic mass is 10.2. The van der Waals surface area contributed by atoms with Crippen LogP contribution in [0.5, 0.6) is 0 Å². The van der Waals surface area contributed by atoms with Gasteiger partial charge in [-0.15, -0.1) is 0 Å². The van der Waals surface area contributed by atoms with Crippen LogP contribution in [-0.4, -0.2) is 9.85 Å². The minimum Gasteiger partial charge on any atom is -0.258 e. The zero-order valence-electron chi connectivity index (χ0n) is 10.5. The Morgan fingerprint density at radius 2 is 1.62 bits per heavy atom. The highest BCUT2D eigenvalue weighted by Crippen LogP contribution is 2.39. The Morgan fingerprint density at radius 1 is 0.952 bits per heavy atom. The van der Waals surface area contributed by atoms with E-state index in [4.69, 9.17) is 5.53 Å². The largest absolute Gasteiger partial charge is 0.371 e. The maximum absolute atomic E-state index is 11.2. The van der Waals surface area contributed by atoms with E-state index in [0.717, 1.165) is 11.1 Å². The summed E-state index contributed by atoms with van der Waals surface area (Å²) in [4.78, 5) is 20.4. The summed E-state index contributed by atoms with van der Waals surface area (Å²) < 4.78 is 0. The maximum atomic E-state index is 11.2. The predicted octanol–water partition coefficient (Wildman–Crippen LogP) is 3.59. The molecule has 9 nitrogen and oxygen atoms in total. The summed E-state index contributed by atoms with van der Waals surface area (Å²) in [5.41, 5.74) is 6.09. The molecule has 0 aliphatic heterocycles. The maximum Gasteiger partial charge on any atom is 0.371 e. The SMILES string of the molecule is N=NN(c1ccccc1)c1cccc([N+](=O)[O-])c1[N+](=O)[O-]. The van der Waals surface area contributed by atoms with E-state index in [-0.39, 0.29) is 5.69 Å². The van der Waals surface area contributed by atoms with E-state index in [1.54, 1.807) is 30.3 Å². The van der Waals surface area contributed by atoms with Crippen molar-refractivity contribution >= 4 is 22.7 Å². The Hall–Kier alpha value is -3.36. The molecule has 106 valence electrons. The molecule has 9 heteroatoms. The van der Waals surface area contributed by atoms with Gasteiger partial charge in [0.1, 0.15) is 0 Å². The molecule has 0 aliphatic rings. The van der Waals surface area contributed by atoms with E-state index < -0.39 is 21.2 Å². The van der Waals surface area contributed by atoms with Crippen molar-refractivity contribution in [2.45, 2.75) is 0 Å². The van der Waals surface area contributed by atoms with Crippen LogP contribution in [0.4, 0.5) is 22.7 Å². The lowest BCUT2D eigenvalue weighted by Crippen LogP contribution is -2.11. The van der Waals surface area contributed by atoms with Gasteiger partial charge in [0.25, 0.3) is 0 Å². The molecular weight excluding hydrogens is 278 g/mol. The molecule has 0 radical (unpaired) electrons. The number of hydrogen-bond donors (Lipinski definition) is 1. The van der Waals surface area contributed by atoms with Gasteiger partial charge in [-0.05, 0) is 18.2 Å². The second-order valence-electron chi connectivity index (χ2n) is 3.91. The molecule has 0 saturated carbocycles. The molecule has 0 aromatic heterocycles. The normalized spacial score (nSPS) is 9.90. The van der Waals surface area contributed by atoms with Crippen LogP contribution in [0, 0.1) is 25.8 Å². The van der Waals surface area contributed by atoms with Crippen LogP contribution in [0.25, 0.3) is 0 Å². The molecule has 21 heavy (non-hydrogen) atoms. The van der Waals surface area contributed by atoms with Crippen LogP contribution in [-0.2, 0) is 0 Å². The molecule has 2 aromatic rings. The van der Waals surface area contributed by atoms with Gasteiger partial charge in [0.15, 0.2) is 5.69 Å². The topological polar surface area (TPSA) is 126 Å². The van der Waals surface area contributed by atoms with Gasteiger partial charge >= 0.3 is 11.4 Å². The van der Waals surface area contributed by atoms with Crippen molar-refractivity contribution in [3.05, 3.63) is 68.8 Å². The third kappa shape index (κ3) is 2.66. The number of benzene rings is 2. The molecule has 1 N–H and O–H groups in total. The fourth-order valence-corrected chi connectivity index (χ4v) is 1.84. The van der Waals surface area contributed by atoms with Crippen LogP contribution in [0.3, 0.4) is 0 Å². The summed E-state index contributed by atoms with van der Waals surface area (Å²) in [7, 11) is 0. The Balaban J connectivity index is 2.67. The molecule has 0 atom stereocenters. The van der Waals surface area contributed by atoms with E-state index in [2.05, 4.69) is 5.22 Å². The number of hydrogen-bond acceptors (Lipinski definition) is 6. The summed E-state index contributed by atoms with van der Waals surface area (Å²) in [6, 6.07) is 11.9. The third-order valence-electron chi connectivity index (χ3n) is 2.70. The van der Waals surface area contributed by atoms with Crippen LogP contribution < -0.4 is 5.01 Å². The van der Waals surface area contributed by atoms with E-state index in [1.165, 1.54) is 12.1 Å². The molecular formula is C12H9N5O4. The van der Waals surface area contributed by atoms with E-state index in [1.807, 2.05) is 0 Å². The van der Waals surface area contributed by atoms with Gasteiger partial charge in [-0.1, -0.05) is 29.5 Å². The third-order valence-corrected chi connectivity index (χ3v) is 2.70. The molecule has 2 aromatic carbocycles. The fourth-order valence-electron chi connectivity index (χ4n) is 1.84. The smallest absolute Gasteiger partial charge is 0.258 e. The van der Waals surface area contributed by atoms with Crippen molar-refractivity contribution in [1.82, 2.24) is 0 Å². The number of rotatable bonds is 5. The molecule has 0 aliphatic carbocycles. The molecule has 0 amide bonds. The number of anilines is 2. The van der Waals surface area contributed by atoms with E-state index in [9.17, 15) is 20.2 Å². The molecule has 0 spiro atoms. The number of nitrogens with zero attached hydrogens (tertiary/aromatic N) is 4. The van der Waals surface area contributed by atoms with Crippen LogP contribution in [0.2, 0.25) is 0 Å². The molecule has 0 fully saturated rings. The standard InChI is InChI=1S/C12H9N5O4/c13-14-15(9-5-2-1-3-6-9)10-7-4-8-11(16(18)19)12(10)17(20)21/h1-8,13H. The second kappa shape index (κ2) is 5.74. The number of nitrogens with one attached hydrogen (secondary N) is 1. The first-order valence-electron chi connectivity index (χ1n) is 5.70. The number of nitro groups is 2. The average molecular weight is 287 g/mol. The highest BCUT2D eigenvalue weighted by molar-refractivity contribution is 5.77. The first-order valence-corrected chi connectivity index (χ1v) is 5.70. The number of para-hydroxylation sites is 2. The molecule has 0 saturated heterocycles. The minimum atomic E-state index is -0.853. The van der Waals surface area contributed by atoms with Crippen LogP contribution in [0.15, 0.2) is 53.8 Å². The summed E-state index contributed by atoms with van der Waals surface area (Å²) >= 11 is 0. The molecule has 2 rings (SSSR count). The van der Waals surface area contributed by atoms with E-state index in [0.29, 0.717) is 5.69 Å². The predicted molar refractivity (Wildman–Crippen MR) is 73.5 cm³/mol. The van der Waals surface area contributed by atoms with Crippen molar-refractivity contribution in [3.63, 3.8) is 0 Å². The van der Waals surface area contributed by atoms with Crippen molar-refractivity contribution in [3.8, 4) is 0 Å². The average Bonchev–Trinajstić information content (AvgIpc) is 2.48. The Morgan fingerprint density at radius 3 is 2.14 bits per heavy atom. The Bertz CT molecular complexity index is 704. The van der Waals surface area contributed by atoms with Crippen molar-refractivity contribution in [2.24, 2.45) is 5.22 Å². The summed E-state index contributed by atoms with van der Waals surface area (Å²) in [6.07, 6.45) is 0. The Kier molecular flexibility index (Phi) is 3.84. The first kappa shape index (κ1) is 14.1. The lowest BCUT2D eigenvalue weighted by molar-refractivity contribution is -0.421. The highest BCUT2D eigenvalue weighted by atomic mass is 16.6. The zero-order valence-corrected chi connectivity index (χ0v) is 10.5. The summed E-state index contributed by atoms with van der Waals surface area (Å²) in [5.74, 6) is 0. The van der Waals surface area contributed by atoms with Gasteiger partial charge < -0.3 is 0 Å². The first-order chi connectivity index (χ1) is 10.1. The van der Waals surface area contributed by atoms with Gasteiger partial charge in [-0.2, -0.15) is 5.53 Å². The van der Waals surface area contributed by atoms with Gasteiger partial charge in [-0.25, -0.2) is 5.01 Å². The monoisotopic (exact) mass is 287 g/mol. The molecule has 0 heterocycles. The lowest BCUT2D eigenvalue weighted by Gasteiger charge is -2.16. The van der Waals surface area contributed by atoms with Crippen molar-refractivity contribution < 1.29 is 9.85 Å². The van der Waals surface area contributed by atoms with Crippen molar-refractivity contribution in [2.75, 3.05) is 5.01 Å². The van der Waals surface area contributed by atoms with Crippen molar-refractivity contribution in [1.29, 1.82) is 5.53 Å². The van der Waals surface area contributed by atoms with Crippen LogP contribution >= 0.6 is 0 Å². The van der Waals surface area contributed by atoms with Gasteiger partial charge in [0.2, 0.25) is 0 Å². The second-order valence-corrected chi connectivity index (χ2v) is 3.91. The summed E-state index contributed by atoms with van der Waals surface area (Å²) in [5, 5.41) is 26.3. The Labute approximate surface area is 118 Å².